The molecule has 152 valence electrons. The molecule has 0 amide bonds. The van der Waals surface area contributed by atoms with Crippen LogP contribution < -0.4 is 4.74 Å². The molecule has 7 nitrogen and oxygen atoms in total. The summed E-state index contributed by atoms with van der Waals surface area (Å²) in [6, 6.07) is 6.92. The number of aryl methyl sites for hydroxylation is 1. The summed E-state index contributed by atoms with van der Waals surface area (Å²) < 4.78 is 34.8. The van der Waals surface area contributed by atoms with E-state index in [0.29, 0.717) is 42.4 Å². The van der Waals surface area contributed by atoms with Crippen molar-refractivity contribution in [3.05, 3.63) is 41.2 Å². The number of hydrogen-bond donors (Lipinski definition) is 0. The number of sulfonamides is 1. The van der Waals surface area contributed by atoms with Crippen LogP contribution in [0, 0.1) is 13.8 Å². The fraction of sp³-hybridized carbons (Fsp3) is 0.500. The molecule has 0 unspecified atom stereocenters. The Morgan fingerprint density at radius 2 is 1.75 bits per heavy atom. The number of benzene rings is 1. The van der Waals surface area contributed by atoms with Crippen molar-refractivity contribution in [3.8, 4) is 5.75 Å². The molecule has 1 aliphatic rings. The second-order valence-corrected chi connectivity index (χ2v) is 8.84. The maximum Gasteiger partial charge on any atom is 0.282 e. The van der Waals surface area contributed by atoms with Gasteiger partial charge in [0.15, 0.2) is 0 Å². The molecule has 8 heteroatoms. The molecule has 1 aromatic carbocycles. The van der Waals surface area contributed by atoms with E-state index in [1.165, 1.54) is 8.99 Å². The van der Waals surface area contributed by atoms with Crippen LogP contribution >= 0.6 is 0 Å². The summed E-state index contributed by atoms with van der Waals surface area (Å²) in [7, 11) is -3.70. The first-order chi connectivity index (χ1) is 13.4. The summed E-state index contributed by atoms with van der Waals surface area (Å²) in [4.78, 5) is 13.2. The molecule has 0 aliphatic carbocycles. The van der Waals surface area contributed by atoms with E-state index < -0.39 is 15.9 Å². The van der Waals surface area contributed by atoms with E-state index >= 15 is 0 Å². The standard InChI is InChI=1S/C20H27N3O4S/c1-4-27-18-12-8-7-11-17(18)20(24)23-16(3)19(15(2)21-23)28(25,26)22-13-9-5-6-10-14-22/h7-8,11-12H,4-6,9-10,13-14H2,1-3H3. The number of carbonyl (C=O) groups is 1. The van der Waals surface area contributed by atoms with Crippen molar-refractivity contribution in [2.75, 3.05) is 19.7 Å². The lowest BCUT2D eigenvalue weighted by Gasteiger charge is -2.20. The zero-order valence-corrected chi connectivity index (χ0v) is 17.5. The molecule has 0 bridgehead atoms. The highest BCUT2D eigenvalue weighted by atomic mass is 32.2. The summed E-state index contributed by atoms with van der Waals surface area (Å²) >= 11 is 0. The van der Waals surface area contributed by atoms with Gasteiger partial charge in [-0.1, -0.05) is 25.0 Å². The van der Waals surface area contributed by atoms with E-state index in [1.807, 2.05) is 6.92 Å². The SMILES string of the molecule is CCOc1ccccc1C(=O)n1nc(C)c(S(=O)(=O)N2CCCCCC2)c1C. The predicted octanol–water partition coefficient (Wildman–Crippen LogP) is 3.15. The molecule has 0 atom stereocenters. The fourth-order valence-electron chi connectivity index (χ4n) is 3.65. The molecular weight excluding hydrogens is 378 g/mol. The second-order valence-electron chi connectivity index (χ2n) is 6.96. The van der Waals surface area contributed by atoms with E-state index in [-0.39, 0.29) is 4.90 Å². The third-order valence-corrected chi connectivity index (χ3v) is 7.15. The molecule has 1 fully saturated rings. The number of aromatic nitrogens is 2. The highest BCUT2D eigenvalue weighted by molar-refractivity contribution is 7.89. The normalized spacial score (nSPS) is 16.0. The van der Waals surface area contributed by atoms with Crippen LogP contribution in [0.5, 0.6) is 5.75 Å². The van der Waals surface area contributed by atoms with Gasteiger partial charge >= 0.3 is 0 Å². The maximum absolute atomic E-state index is 13.3. The number of carbonyl (C=O) groups excluding carboxylic acids is 1. The highest BCUT2D eigenvalue weighted by Crippen LogP contribution is 2.27. The Morgan fingerprint density at radius 1 is 1.11 bits per heavy atom. The zero-order valence-electron chi connectivity index (χ0n) is 16.6. The van der Waals surface area contributed by atoms with Crippen LogP contribution in [0.2, 0.25) is 0 Å². The fourth-order valence-corrected chi connectivity index (χ4v) is 5.52. The van der Waals surface area contributed by atoms with Crippen molar-refractivity contribution in [2.24, 2.45) is 0 Å². The molecule has 2 heterocycles. The number of para-hydroxylation sites is 1. The third kappa shape index (κ3) is 3.84. The Bertz CT molecular complexity index is 958. The van der Waals surface area contributed by atoms with Gasteiger partial charge in [0, 0.05) is 13.1 Å². The van der Waals surface area contributed by atoms with Crippen molar-refractivity contribution in [1.29, 1.82) is 0 Å². The number of nitrogens with zero attached hydrogens (tertiary/aromatic N) is 3. The summed E-state index contributed by atoms with van der Waals surface area (Å²) in [5.41, 5.74) is 1.02. The summed E-state index contributed by atoms with van der Waals surface area (Å²) in [6.07, 6.45) is 3.78. The Labute approximate surface area is 166 Å². The topological polar surface area (TPSA) is 81.5 Å². The van der Waals surface area contributed by atoms with Crippen molar-refractivity contribution < 1.29 is 17.9 Å². The van der Waals surface area contributed by atoms with Gasteiger partial charge in [-0.2, -0.15) is 14.1 Å². The second kappa shape index (κ2) is 8.45. The van der Waals surface area contributed by atoms with Gasteiger partial charge in [-0.15, -0.1) is 0 Å². The molecule has 0 N–H and O–H groups in total. The van der Waals surface area contributed by atoms with Gasteiger partial charge in [0.05, 0.1) is 23.6 Å². The average Bonchev–Trinajstić information content (AvgIpc) is 2.85. The molecule has 3 rings (SSSR count). The van der Waals surface area contributed by atoms with Gasteiger partial charge in [0.1, 0.15) is 10.6 Å². The molecule has 0 saturated carbocycles. The molecule has 2 aromatic rings. The van der Waals surface area contributed by atoms with Crippen molar-refractivity contribution in [2.45, 2.75) is 51.3 Å². The number of hydrogen-bond acceptors (Lipinski definition) is 5. The van der Waals surface area contributed by atoms with Crippen molar-refractivity contribution in [3.63, 3.8) is 0 Å². The smallest absolute Gasteiger partial charge is 0.282 e. The molecule has 1 aliphatic heterocycles. The van der Waals surface area contributed by atoms with Gasteiger partial charge in [0.25, 0.3) is 5.91 Å². The summed E-state index contributed by atoms with van der Waals surface area (Å²) in [6.45, 7) is 6.55. The van der Waals surface area contributed by atoms with E-state index in [2.05, 4.69) is 5.10 Å². The summed E-state index contributed by atoms with van der Waals surface area (Å²) in [5.74, 6) is 0.0569. The Morgan fingerprint density at radius 3 is 2.39 bits per heavy atom. The minimum atomic E-state index is -3.70. The van der Waals surface area contributed by atoms with Crippen molar-refractivity contribution in [1.82, 2.24) is 14.1 Å². The van der Waals surface area contributed by atoms with Gasteiger partial charge in [-0.05, 0) is 45.7 Å². The Hall–Kier alpha value is -2.19. The minimum absolute atomic E-state index is 0.136. The highest BCUT2D eigenvalue weighted by Gasteiger charge is 2.32. The van der Waals surface area contributed by atoms with Crippen LogP contribution in [0.1, 0.15) is 54.4 Å². The van der Waals surface area contributed by atoms with E-state index in [1.54, 1.807) is 38.1 Å². The van der Waals surface area contributed by atoms with E-state index in [4.69, 9.17) is 4.74 Å². The monoisotopic (exact) mass is 405 g/mol. The van der Waals surface area contributed by atoms with Gasteiger partial charge in [0.2, 0.25) is 10.0 Å². The molecule has 0 radical (unpaired) electrons. The predicted molar refractivity (Wildman–Crippen MR) is 106 cm³/mol. The first kappa shape index (κ1) is 20.5. The lowest BCUT2D eigenvalue weighted by atomic mass is 10.2. The molecular formula is C20H27N3O4S. The largest absolute Gasteiger partial charge is 0.493 e. The number of rotatable bonds is 5. The van der Waals surface area contributed by atoms with Crippen LogP contribution in [-0.2, 0) is 10.0 Å². The minimum Gasteiger partial charge on any atom is -0.493 e. The van der Waals surface area contributed by atoms with Gasteiger partial charge < -0.3 is 4.74 Å². The molecule has 1 aromatic heterocycles. The number of ether oxygens (including phenoxy) is 1. The Kier molecular flexibility index (Phi) is 6.20. The average molecular weight is 406 g/mol. The third-order valence-electron chi connectivity index (χ3n) is 5.00. The molecule has 28 heavy (non-hydrogen) atoms. The quantitative estimate of drug-likeness (QED) is 0.763. The van der Waals surface area contributed by atoms with Crippen LogP contribution in [0.15, 0.2) is 29.2 Å². The van der Waals surface area contributed by atoms with Crippen LogP contribution in [0.25, 0.3) is 0 Å². The van der Waals surface area contributed by atoms with E-state index in [9.17, 15) is 13.2 Å². The van der Waals surface area contributed by atoms with Crippen LogP contribution in [-0.4, -0.2) is 48.1 Å². The zero-order chi connectivity index (χ0) is 20.3. The first-order valence-corrected chi connectivity index (χ1v) is 11.1. The van der Waals surface area contributed by atoms with Crippen LogP contribution in [0.4, 0.5) is 0 Å². The lowest BCUT2D eigenvalue weighted by molar-refractivity contribution is 0.0938. The first-order valence-electron chi connectivity index (χ1n) is 9.70. The van der Waals surface area contributed by atoms with E-state index in [0.717, 1.165) is 25.7 Å². The molecule has 1 saturated heterocycles. The van der Waals surface area contributed by atoms with Crippen LogP contribution in [0.3, 0.4) is 0 Å². The van der Waals surface area contributed by atoms with Crippen molar-refractivity contribution >= 4 is 15.9 Å². The Balaban J connectivity index is 2.01. The molecule has 0 spiro atoms. The maximum atomic E-state index is 13.3. The summed E-state index contributed by atoms with van der Waals surface area (Å²) in [5, 5.41) is 4.28. The van der Waals surface area contributed by atoms with Gasteiger partial charge in [-0.3, -0.25) is 4.79 Å². The van der Waals surface area contributed by atoms with Gasteiger partial charge in [-0.25, -0.2) is 8.42 Å². The lowest BCUT2D eigenvalue weighted by Crippen LogP contribution is -2.32.